The summed E-state index contributed by atoms with van der Waals surface area (Å²) in [5.74, 6) is -0.0594. The van der Waals surface area contributed by atoms with Crippen LogP contribution < -0.4 is 5.32 Å². The molecule has 1 N–H and O–H groups in total. The van der Waals surface area contributed by atoms with E-state index in [0.717, 1.165) is 42.4 Å². The fourth-order valence-corrected chi connectivity index (χ4v) is 4.76. The first-order chi connectivity index (χ1) is 13.6. The normalized spacial score (nSPS) is 22.6. The molecule has 0 spiro atoms. The molecular weight excluding hydrogens is 348 g/mol. The summed E-state index contributed by atoms with van der Waals surface area (Å²) in [5, 5.41) is 3.10. The molecule has 1 aliphatic heterocycles. The van der Waals surface area contributed by atoms with E-state index in [1.54, 1.807) is 0 Å². The van der Waals surface area contributed by atoms with Crippen molar-refractivity contribution in [3.8, 4) is 0 Å². The highest BCUT2D eigenvalue weighted by Crippen LogP contribution is 2.37. The quantitative estimate of drug-likeness (QED) is 0.874. The van der Waals surface area contributed by atoms with Crippen LogP contribution >= 0.6 is 0 Å². The van der Waals surface area contributed by atoms with Crippen molar-refractivity contribution in [1.29, 1.82) is 0 Å². The van der Waals surface area contributed by atoms with Crippen LogP contribution in [0.1, 0.15) is 60.5 Å². The van der Waals surface area contributed by atoms with E-state index in [0.29, 0.717) is 13.0 Å². The van der Waals surface area contributed by atoms with E-state index in [-0.39, 0.29) is 17.9 Å². The third-order valence-electron chi connectivity index (χ3n) is 6.26. The van der Waals surface area contributed by atoms with Gasteiger partial charge in [0.2, 0.25) is 5.91 Å². The molecule has 0 bridgehead atoms. The molecule has 4 nitrogen and oxygen atoms in total. The minimum absolute atomic E-state index is 0.00566. The van der Waals surface area contributed by atoms with Gasteiger partial charge in [-0.05, 0) is 37.0 Å². The summed E-state index contributed by atoms with van der Waals surface area (Å²) < 4.78 is 0. The number of rotatable bonds is 4. The van der Waals surface area contributed by atoms with Crippen molar-refractivity contribution in [3.05, 3.63) is 71.3 Å². The van der Waals surface area contributed by atoms with Gasteiger partial charge in [0.25, 0.3) is 5.91 Å². The van der Waals surface area contributed by atoms with Crippen LogP contribution in [0.3, 0.4) is 0 Å². The maximum atomic E-state index is 13.5. The Morgan fingerprint density at radius 1 is 1.04 bits per heavy atom. The van der Waals surface area contributed by atoms with E-state index in [2.05, 4.69) is 5.32 Å². The molecule has 28 heavy (non-hydrogen) atoms. The van der Waals surface area contributed by atoms with Gasteiger partial charge in [0.05, 0.1) is 0 Å². The zero-order valence-electron chi connectivity index (χ0n) is 16.5. The van der Waals surface area contributed by atoms with Crippen LogP contribution in [0.5, 0.6) is 0 Å². The number of benzene rings is 2. The number of nitrogens with zero attached hydrogens (tertiary/aromatic N) is 1. The van der Waals surface area contributed by atoms with Crippen molar-refractivity contribution < 1.29 is 9.59 Å². The lowest BCUT2D eigenvalue weighted by atomic mass is 9.79. The van der Waals surface area contributed by atoms with Crippen molar-refractivity contribution in [1.82, 2.24) is 10.2 Å². The van der Waals surface area contributed by atoms with Crippen molar-refractivity contribution in [2.75, 3.05) is 0 Å². The average Bonchev–Trinajstić information content (AvgIpc) is 2.73. The average molecular weight is 377 g/mol. The van der Waals surface area contributed by atoms with Crippen LogP contribution in [0.15, 0.2) is 54.6 Å². The molecule has 146 valence electrons. The topological polar surface area (TPSA) is 49.4 Å². The van der Waals surface area contributed by atoms with E-state index in [1.807, 2.05) is 66.4 Å². The van der Waals surface area contributed by atoms with Crippen LogP contribution in [-0.2, 0) is 17.8 Å². The zero-order valence-corrected chi connectivity index (χ0v) is 16.5. The molecule has 1 saturated carbocycles. The Bertz CT molecular complexity index is 858. The van der Waals surface area contributed by atoms with E-state index in [9.17, 15) is 9.59 Å². The van der Waals surface area contributed by atoms with Crippen LogP contribution in [0.25, 0.3) is 0 Å². The monoisotopic (exact) mass is 376 g/mol. The molecule has 2 amide bonds. The smallest absolute Gasteiger partial charge is 0.255 e. The van der Waals surface area contributed by atoms with Gasteiger partial charge in [-0.2, -0.15) is 0 Å². The van der Waals surface area contributed by atoms with Crippen molar-refractivity contribution in [3.63, 3.8) is 0 Å². The SMILES string of the molecule is C[C@@]1(C(=O)NCc2ccccc2)Cc2ccccc2C(=O)N1C1CCCCC1. The zero-order chi connectivity index (χ0) is 19.6. The molecule has 0 unspecified atom stereocenters. The van der Waals surface area contributed by atoms with Crippen LogP contribution in [-0.4, -0.2) is 28.3 Å². The fraction of sp³-hybridized carbons (Fsp3) is 0.417. The molecule has 1 fully saturated rings. The summed E-state index contributed by atoms with van der Waals surface area (Å²) in [7, 11) is 0. The van der Waals surface area contributed by atoms with E-state index >= 15 is 0 Å². The molecule has 1 aliphatic carbocycles. The highest BCUT2D eigenvalue weighted by molar-refractivity contribution is 6.02. The molecule has 2 aliphatic rings. The predicted molar refractivity (Wildman–Crippen MR) is 110 cm³/mol. The Balaban J connectivity index is 1.64. The fourth-order valence-electron chi connectivity index (χ4n) is 4.76. The Hall–Kier alpha value is -2.62. The Morgan fingerprint density at radius 2 is 1.71 bits per heavy atom. The first-order valence-corrected chi connectivity index (χ1v) is 10.3. The van der Waals surface area contributed by atoms with Gasteiger partial charge in [0.15, 0.2) is 0 Å². The minimum Gasteiger partial charge on any atom is -0.350 e. The van der Waals surface area contributed by atoms with Gasteiger partial charge in [0, 0.05) is 24.6 Å². The summed E-state index contributed by atoms with van der Waals surface area (Å²) >= 11 is 0. The van der Waals surface area contributed by atoms with Gasteiger partial charge in [-0.3, -0.25) is 9.59 Å². The molecule has 2 aromatic carbocycles. The van der Waals surface area contributed by atoms with Crippen molar-refractivity contribution in [2.24, 2.45) is 0 Å². The third-order valence-corrected chi connectivity index (χ3v) is 6.26. The second-order valence-electron chi connectivity index (χ2n) is 8.24. The summed E-state index contributed by atoms with van der Waals surface area (Å²) in [6.45, 7) is 2.42. The Kier molecular flexibility index (Phi) is 5.21. The van der Waals surface area contributed by atoms with Crippen molar-refractivity contribution in [2.45, 2.75) is 63.6 Å². The molecule has 1 heterocycles. The maximum Gasteiger partial charge on any atom is 0.255 e. The minimum atomic E-state index is -0.859. The van der Waals surface area contributed by atoms with Gasteiger partial charge in [0.1, 0.15) is 5.54 Å². The number of hydrogen-bond acceptors (Lipinski definition) is 2. The molecule has 4 rings (SSSR count). The number of carbonyl (C=O) groups is 2. The largest absolute Gasteiger partial charge is 0.350 e. The van der Waals surface area contributed by atoms with Gasteiger partial charge in [-0.1, -0.05) is 67.8 Å². The molecule has 0 aromatic heterocycles. The lowest BCUT2D eigenvalue weighted by Gasteiger charge is -2.49. The molecule has 4 heteroatoms. The molecule has 0 radical (unpaired) electrons. The lowest BCUT2D eigenvalue weighted by molar-refractivity contribution is -0.133. The van der Waals surface area contributed by atoms with Gasteiger partial charge in [-0.25, -0.2) is 0 Å². The summed E-state index contributed by atoms with van der Waals surface area (Å²) in [4.78, 5) is 28.8. The highest BCUT2D eigenvalue weighted by Gasteiger charge is 2.49. The molecule has 1 atom stereocenters. The second kappa shape index (κ2) is 7.78. The van der Waals surface area contributed by atoms with Crippen LogP contribution in [0.4, 0.5) is 0 Å². The third kappa shape index (κ3) is 3.44. The molecule has 2 aromatic rings. The van der Waals surface area contributed by atoms with Gasteiger partial charge in [-0.15, -0.1) is 0 Å². The second-order valence-corrected chi connectivity index (χ2v) is 8.24. The van der Waals surface area contributed by atoms with Gasteiger partial charge >= 0.3 is 0 Å². The van der Waals surface area contributed by atoms with E-state index < -0.39 is 5.54 Å². The lowest BCUT2D eigenvalue weighted by Crippen LogP contribution is -2.65. The molecule has 0 saturated heterocycles. The van der Waals surface area contributed by atoms with Crippen LogP contribution in [0, 0.1) is 0 Å². The maximum absolute atomic E-state index is 13.5. The molecular formula is C24H28N2O2. The van der Waals surface area contributed by atoms with Crippen LogP contribution in [0.2, 0.25) is 0 Å². The summed E-state index contributed by atoms with van der Waals surface area (Å²) in [6, 6.07) is 17.8. The van der Waals surface area contributed by atoms with E-state index in [4.69, 9.17) is 0 Å². The number of nitrogens with one attached hydrogen (secondary N) is 1. The predicted octanol–water partition coefficient (Wildman–Crippen LogP) is 4.09. The number of hydrogen-bond donors (Lipinski definition) is 1. The Labute approximate surface area is 166 Å². The standard InChI is InChI=1S/C24H28N2O2/c1-24(23(28)25-17-18-10-4-2-5-11-18)16-19-12-8-9-15-21(19)22(27)26(24)20-13-6-3-7-14-20/h2,4-5,8-12,15,20H,3,6-7,13-14,16-17H2,1H3,(H,25,28)/t24-/m0/s1. The number of amides is 2. The number of fused-ring (bicyclic) bond motifs is 1. The van der Waals surface area contributed by atoms with Crippen molar-refractivity contribution >= 4 is 11.8 Å². The Morgan fingerprint density at radius 3 is 2.46 bits per heavy atom. The first kappa shape index (κ1) is 18.7. The highest BCUT2D eigenvalue weighted by atomic mass is 16.2. The summed E-state index contributed by atoms with van der Waals surface area (Å²) in [6.07, 6.45) is 5.98. The van der Waals surface area contributed by atoms with Gasteiger partial charge < -0.3 is 10.2 Å². The first-order valence-electron chi connectivity index (χ1n) is 10.3. The summed E-state index contributed by atoms with van der Waals surface area (Å²) in [5.41, 5.74) is 1.92. The van der Waals surface area contributed by atoms with E-state index in [1.165, 1.54) is 6.42 Å². The number of carbonyl (C=O) groups excluding carboxylic acids is 2.